The van der Waals surface area contributed by atoms with Crippen molar-refractivity contribution in [2.45, 2.75) is 13.0 Å². The molecule has 0 saturated carbocycles. The molecule has 144 valence electrons. The second kappa shape index (κ2) is 9.36. The average molecular weight is 376 g/mol. The van der Waals surface area contributed by atoms with Gasteiger partial charge in [-0.15, -0.1) is 0 Å². The van der Waals surface area contributed by atoms with E-state index in [9.17, 15) is 4.79 Å². The van der Waals surface area contributed by atoms with Gasteiger partial charge in [0.15, 0.2) is 5.96 Å². The molecule has 0 unspecified atom stereocenters. The standard InChI is InChI=1S/C21H24N6O/c1-23-21(25-15-17-3-7-18(8-4-17)20(22)28)24-13-11-16-5-9-19(10-6-16)27-14-2-12-26-27/h2-10,12,14H,11,13,15H2,1H3,(H2,22,28)(H2,23,24,25). The number of rotatable bonds is 7. The van der Waals surface area contributed by atoms with Crippen molar-refractivity contribution in [3.05, 3.63) is 83.7 Å². The maximum atomic E-state index is 11.1. The van der Waals surface area contributed by atoms with E-state index in [2.05, 4.69) is 45.0 Å². The van der Waals surface area contributed by atoms with Gasteiger partial charge in [0, 0.05) is 38.1 Å². The number of aliphatic imine (C=N–C) groups is 1. The molecule has 0 fully saturated rings. The van der Waals surface area contributed by atoms with E-state index in [-0.39, 0.29) is 0 Å². The summed E-state index contributed by atoms with van der Waals surface area (Å²) in [6, 6.07) is 17.4. The molecular formula is C21H24N6O. The molecular weight excluding hydrogens is 352 g/mol. The molecule has 0 atom stereocenters. The van der Waals surface area contributed by atoms with Gasteiger partial charge in [0.2, 0.25) is 5.91 Å². The summed E-state index contributed by atoms with van der Waals surface area (Å²) in [7, 11) is 1.74. The lowest BCUT2D eigenvalue weighted by molar-refractivity contribution is 0.100. The molecule has 3 aromatic rings. The van der Waals surface area contributed by atoms with Crippen LogP contribution in [-0.2, 0) is 13.0 Å². The quantitative estimate of drug-likeness (QED) is 0.433. The summed E-state index contributed by atoms with van der Waals surface area (Å²) < 4.78 is 1.84. The van der Waals surface area contributed by atoms with Crippen LogP contribution in [0.4, 0.5) is 0 Å². The van der Waals surface area contributed by atoms with Gasteiger partial charge in [0.05, 0.1) is 5.69 Å². The molecule has 0 aliphatic rings. The maximum absolute atomic E-state index is 11.1. The highest BCUT2D eigenvalue weighted by Gasteiger charge is 2.02. The third-order valence-electron chi connectivity index (χ3n) is 4.33. The molecule has 1 heterocycles. The van der Waals surface area contributed by atoms with E-state index in [1.165, 1.54) is 5.56 Å². The van der Waals surface area contributed by atoms with Gasteiger partial charge in [-0.3, -0.25) is 9.79 Å². The Labute approximate surface area is 164 Å². The number of hydrogen-bond donors (Lipinski definition) is 3. The molecule has 0 aliphatic heterocycles. The number of carbonyl (C=O) groups is 1. The highest BCUT2D eigenvalue weighted by molar-refractivity contribution is 5.92. The van der Waals surface area contributed by atoms with Crippen molar-refractivity contribution in [3.8, 4) is 5.69 Å². The summed E-state index contributed by atoms with van der Waals surface area (Å²) in [5.74, 6) is 0.307. The molecule has 0 spiro atoms. The number of nitrogens with zero attached hydrogens (tertiary/aromatic N) is 3. The molecule has 1 amide bonds. The van der Waals surface area contributed by atoms with Crippen LogP contribution >= 0.6 is 0 Å². The predicted molar refractivity (Wildman–Crippen MR) is 110 cm³/mol. The highest BCUT2D eigenvalue weighted by Crippen LogP contribution is 2.09. The fourth-order valence-electron chi connectivity index (χ4n) is 2.76. The SMILES string of the molecule is CN=C(NCCc1ccc(-n2cccn2)cc1)NCc1ccc(C(N)=O)cc1. The monoisotopic (exact) mass is 376 g/mol. The van der Waals surface area contributed by atoms with Crippen LogP contribution in [0.1, 0.15) is 21.5 Å². The first-order valence-corrected chi connectivity index (χ1v) is 9.08. The van der Waals surface area contributed by atoms with Gasteiger partial charge in [0.25, 0.3) is 0 Å². The van der Waals surface area contributed by atoms with Gasteiger partial charge in [-0.2, -0.15) is 5.10 Å². The molecule has 3 rings (SSSR count). The lowest BCUT2D eigenvalue weighted by atomic mass is 10.1. The normalized spacial score (nSPS) is 11.2. The van der Waals surface area contributed by atoms with Crippen LogP contribution in [0.25, 0.3) is 5.69 Å². The lowest BCUT2D eigenvalue weighted by Crippen LogP contribution is -2.37. The molecule has 7 nitrogen and oxygen atoms in total. The molecule has 4 N–H and O–H groups in total. The topological polar surface area (TPSA) is 97.3 Å². The number of primary amides is 1. The Morgan fingerprint density at radius 1 is 1.07 bits per heavy atom. The minimum atomic E-state index is -0.422. The van der Waals surface area contributed by atoms with E-state index in [1.54, 1.807) is 25.4 Å². The van der Waals surface area contributed by atoms with Gasteiger partial charge < -0.3 is 16.4 Å². The zero-order valence-corrected chi connectivity index (χ0v) is 15.8. The van der Waals surface area contributed by atoms with Crippen LogP contribution in [-0.4, -0.2) is 35.2 Å². The average Bonchev–Trinajstić information content (AvgIpc) is 3.26. The van der Waals surface area contributed by atoms with Crippen LogP contribution in [0.15, 0.2) is 72.0 Å². The smallest absolute Gasteiger partial charge is 0.248 e. The number of hydrogen-bond acceptors (Lipinski definition) is 3. The number of carbonyl (C=O) groups excluding carboxylic acids is 1. The molecule has 7 heteroatoms. The highest BCUT2D eigenvalue weighted by atomic mass is 16.1. The van der Waals surface area contributed by atoms with Gasteiger partial charge >= 0.3 is 0 Å². The largest absolute Gasteiger partial charge is 0.366 e. The number of benzene rings is 2. The van der Waals surface area contributed by atoms with Gasteiger partial charge in [-0.05, 0) is 47.9 Å². The van der Waals surface area contributed by atoms with Gasteiger partial charge in [-0.25, -0.2) is 4.68 Å². The first kappa shape index (κ1) is 19.2. The van der Waals surface area contributed by atoms with Crippen LogP contribution in [0.5, 0.6) is 0 Å². The zero-order valence-electron chi connectivity index (χ0n) is 15.8. The predicted octanol–water partition coefficient (Wildman–Crippen LogP) is 1.88. The third kappa shape index (κ3) is 5.20. The summed E-state index contributed by atoms with van der Waals surface area (Å²) in [4.78, 5) is 15.3. The van der Waals surface area contributed by atoms with Gasteiger partial charge in [0.1, 0.15) is 0 Å². The number of amides is 1. The van der Waals surface area contributed by atoms with Crippen LogP contribution in [0.2, 0.25) is 0 Å². The second-order valence-electron chi connectivity index (χ2n) is 6.28. The first-order chi connectivity index (χ1) is 13.7. The molecule has 2 aromatic carbocycles. The second-order valence-corrected chi connectivity index (χ2v) is 6.28. The van der Waals surface area contributed by atoms with Crippen molar-refractivity contribution >= 4 is 11.9 Å². The van der Waals surface area contributed by atoms with Crippen LogP contribution < -0.4 is 16.4 Å². The Balaban J connectivity index is 1.44. The van der Waals surface area contributed by atoms with Crippen LogP contribution in [0, 0.1) is 0 Å². The van der Waals surface area contributed by atoms with Crippen molar-refractivity contribution in [2.75, 3.05) is 13.6 Å². The van der Waals surface area contributed by atoms with E-state index >= 15 is 0 Å². The molecule has 0 bridgehead atoms. The Bertz CT molecular complexity index is 915. The van der Waals surface area contributed by atoms with E-state index in [1.807, 2.05) is 29.1 Å². The molecule has 0 radical (unpaired) electrons. The van der Waals surface area contributed by atoms with Crippen molar-refractivity contribution in [2.24, 2.45) is 10.7 Å². The fourth-order valence-corrected chi connectivity index (χ4v) is 2.76. The number of aromatic nitrogens is 2. The minimum absolute atomic E-state index is 0.422. The summed E-state index contributed by atoms with van der Waals surface area (Å²) in [6.07, 6.45) is 4.57. The summed E-state index contributed by atoms with van der Waals surface area (Å²) >= 11 is 0. The Kier molecular flexibility index (Phi) is 6.41. The van der Waals surface area contributed by atoms with Crippen molar-refractivity contribution in [1.82, 2.24) is 20.4 Å². The maximum Gasteiger partial charge on any atom is 0.248 e. The Morgan fingerprint density at radius 3 is 2.39 bits per heavy atom. The molecule has 0 saturated heterocycles. The third-order valence-corrected chi connectivity index (χ3v) is 4.33. The Morgan fingerprint density at radius 2 is 1.79 bits per heavy atom. The van der Waals surface area contributed by atoms with E-state index in [4.69, 9.17) is 5.73 Å². The van der Waals surface area contributed by atoms with Crippen molar-refractivity contribution < 1.29 is 4.79 Å². The molecule has 0 aliphatic carbocycles. The summed E-state index contributed by atoms with van der Waals surface area (Å²) in [6.45, 7) is 1.37. The fraction of sp³-hybridized carbons (Fsp3) is 0.190. The lowest BCUT2D eigenvalue weighted by Gasteiger charge is -2.12. The van der Waals surface area contributed by atoms with Crippen LogP contribution in [0.3, 0.4) is 0 Å². The van der Waals surface area contributed by atoms with E-state index in [0.717, 1.165) is 30.2 Å². The van der Waals surface area contributed by atoms with Gasteiger partial charge in [-0.1, -0.05) is 24.3 Å². The molecule has 1 aromatic heterocycles. The van der Waals surface area contributed by atoms with Crippen molar-refractivity contribution in [1.29, 1.82) is 0 Å². The van der Waals surface area contributed by atoms with E-state index in [0.29, 0.717) is 12.1 Å². The first-order valence-electron chi connectivity index (χ1n) is 9.08. The Hall–Kier alpha value is -3.61. The molecule has 28 heavy (non-hydrogen) atoms. The van der Waals surface area contributed by atoms with Crippen molar-refractivity contribution in [3.63, 3.8) is 0 Å². The summed E-state index contributed by atoms with van der Waals surface area (Å²) in [5, 5.41) is 10.8. The number of guanidine groups is 1. The number of nitrogens with two attached hydrogens (primary N) is 1. The number of nitrogens with one attached hydrogen (secondary N) is 2. The summed E-state index contributed by atoms with van der Waals surface area (Å²) in [5.41, 5.74) is 9.08. The zero-order chi connectivity index (χ0) is 19.8. The minimum Gasteiger partial charge on any atom is -0.366 e. The van der Waals surface area contributed by atoms with E-state index < -0.39 is 5.91 Å².